The highest BCUT2D eigenvalue weighted by Crippen LogP contribution is 2.26. The molecule has 0 bridgehead atoms. The minimum Gasteiger partial charge on any atom is -0.344 e. The van der Waals surface area contributed by atoms with Crippen molar-refractivity contribution in [2.24, 2.45) is 0 Å². The van der Waals surface area contributed by atoms with Crippen molar-refractivity contribution in [3.05, 3.63) is 21.4 Å². The van der Waals surface area contributed by atoms with Crippen molar-refractivity contribution < 1.29 is 9.59 Å². The van der Waals surface area contributed by atoms with Crippen LogP contribution in [0.5, 0.6) is 0 Å². The number of likely N-dealkylation sites (tertiary alicyclic amines) is 1. The van der Waals surface area contributed by atoms with Crippen LogP contribution in [0.25, 0.3) is 0 Å². The zero-order chi connectivity index (χ0) is 14.9. The molecule has 2 N–H and O–H groups in total. The Bertz CT molecular complexity index is 526. The quantitative estimate of drug-likeness (QED) is 0.895. The molecule has 0 spiro atoms. The predicted molar refractivity (Wildman–Crippen MR) is 79.9 cm³/mol. The van der Waals surface area contributed by atoms with E-state index in [1.54, 1.807) is 23.3 Å². The fourth-order valence-electron chi connectivity index (χ4n) is 2.51. The molecule has 1 fully saturated rings. The Morgan fingerprint density at radius 3 is 2.70 bits per heavy atom. The molecule has 0 saturated carbocycles. The Kier molecular flexibility index (Phi) is 4.32. The monoisotopic (exact) mass is 295 g/mol. The Hall–Kier alpha value is -1.56. The smallest absolute Gasteiger partial charge is 0.315 e. The van der Waals surface area contributed by atoms with E-state index >= 15 is 0 Å². The summed E-state index contributed by atoms with van der Waals surface area (Å²) in [6.45, 7) is 6.76. The first-order chi connectivity index (χ1) is 9.38. The summed E-state index contributed by atoms with van der Waals surface area (Å²) in [6, 6.07) is 1.36. The van der Waals surface area contributed by atoms with Crippen LogP contribution < -0.4 is 10.6 Å². The largest absolute Gasteiger partial charge is 0.344 e. The summed E-state index contributed by atoms with van der Waals surface area (Å²) in [7, 11) is 1.75. The maximum atomic E-state index is 12.0. The van der Waals surface area contributed by atoms with Gasteiger partial charge in [0.1, 0.15) is 6.04 Å². The molecule has 2 atom stereocenters. The van der Waals surface area contributed by atoms with Gasteiger partial charge >= 0.3 is 6.03 Å². The average molecular weight is 295 g/mol. The number of likely N-dealkylation sites (N-methyl/N-ethyl adjacent to an activating group) is 1. The normalized spacial score (nSPS) is 20.1. The van der Waals surface area contributed by atoms with E-state index in [-0.39, 0.29) is 18.0 Å². The fourth-order valence-corrected chi connectivity index (χ4v) is 3.53. The zero-order valence-electron chi connectivity index (χ0n) is 12.3. The van der Waals surface area contributed by atoms with Crippen molar-refractivity contribution in [3.8, 4) is 0 Å². The van der Waals surface area contributed by atoms with Crippen LogP contribution in [0, 0.1) is 13.8 Å². The molecular weight excluding hydrogens is 274 g/mol. The van der Waals surface area contributed by atoms with Crippen molar-refractivity contribution in [1.29, 1.82) is 0 Å². The lowest BCUT2D eigenvalue weighted by molar-refractivity contribution is -0.128. The Morgan fingerprint density at radius 2 is 2.20 bits per heavy atom. The van der Waals surface area contributed by atoms with Gasteiger partial charge in [0, 0.05) is 23.3 Å². The van der Waals surface area contributed by atoms with Crippen LogP contribution in [0.2, 0.25) is 0 Å². The number of hydrogen-bond acceptors (Lipinski definition) is 3. The van der Waals surface area contributed by atoms with Gasteiger partial charge in [-0.3, -0.25) is 4.79 Å². The molecule has 2 rings (SSSR count). The van der Waals surface area contributed by atoms with Gasteiger partial charge in [-0.05, 0) is 38.8 Å². The number of urea groups is 1. The summed E-state index contributed by atoms with van der Waals surface area (Å²) >= 11 is 1.73. The van der Waals surface area contributed by atoms with E-state index in [4.69, 9.17) is 0 Å². The van der Waals surface area contributed by atoms with Gasteiger partial charge in [-0.2, -0.15) is 0 Å². The van der Waals surface area contributed by atoms with Crippen LogP contribution in [-0.4, -0.2) is 36.5 Å². The first-order valence-corrected chi connectivity index (χ1v) is 7.59. The lowest BCUT2D eigenvalue weighted by Crippen LogP contribution is -2.46. The second-order valence-corrected chi connectivity index (χ2v) is 6.77. The minimum atomic E-state index is -0.391. The number of nitrogens with one attached hydrogen (secondary N) is 2. The highest BCUT2D eigenvalue weighted by Gasteiger charge is 2.30. The Balaban J connectivity index is 1.91. The van der Waals surface area contributed by atoms with E-state index in [0.29, 0.717) is 13.0 Å². The van der Waals surface area contributed by atoms with Crippen molar-refractivity contribution in [3.63, 3.8) is 0 Å². The van der Waals surface area contributed by atoms with Crippen molar-refractivity contribution in [2.45, 2.75) is 39.3 Å². The molecule has 2 heterocycles. The molecule has 1 aliphatic heterocycles. The van der Waals surface area contributed by atoms with E-state index in [1.807, 2.05) is 6.92 Å². The third-order valence-corrected chi connectivity index (χ3v) is 4.61. The number of hydrogen-bond donors (Lipinski definition) is 2. The van der Waals surface area contributed by atoms with Gasteiger partial charge < -0.3 is 15.5 Å². The van der Waals surface area contributed by atoms with E-state index in [0.717, 1.165) is 5.56 Å². The number of aryl methyl sites for hydroxylation is 2. The summed E-state index contributed by atoms with van der Waals surface area (Å²) in [5, 5.41) is 5.65. The average Bonchev–Trinajstić information content (AvgIpc) is 2.85. The third kappa shape index (κ3) is 3.12. The molecule has 0 unspecified atom stereocenters. The van der Waals surface area contributed by atoms with Gasteiger partial charge in [0.15, 0.2) is 0 Å². The lowest BCUT2D eigenvalue weighted by atomic mass is 10.1. The second kappa shape index (κ2) is 5.83. The van der Waals surface area contributed by atoms with Crippen LogP contribution in [0.4, 0.5) is 4.79 Å². The second-order valence-electron chi connectivity index (χ2n) is 5.31. The molecule has 20 heavy (non-hydrogen) atoms. The number of rotatable bonds is 3. The van der Waals surface area contributed by atoms with Gasteiger partial charge in [-0.1, -0.05) is 0 Å². The highest BCUT2D eigenvalue weighted by molar-refractivity contribution is 7.12. The van der Waals surface area contributed by atoms with Crippen molar-refractivity contribution in [2.75, 3.05) is 13.6 Å². The summed E-state index contributed by atoms with van der Waals surface area (Å²) in [5.41, 5.74) is 1.14. The number of carbonyl (C=O) groups is 2. The number of thiophene rings is 1. The van der Waals surface area contributed by atoms with Crippen molar-refractivity contribution >= 4 is 23.3 Å². The van der Waals surface area contributed by atoms with E-state index in [2.05, 4.69) is 30.5 Å². The molecule has 1 aliphatic rings. The van der Waals surface area contributed by atoms with Crippen molar-refractivity contribution in [1.82, 2.24) is 15.5 Å². The SMILES string of the molecule is Cc1cc([C@H](C)NC(=O)N[C@H]2CCN(C)C2=O)c(C)s1. The van der Waals surface area contributed by atoms with Gasteiger partial charge in [0.25, 0.3) is 0 Å². The van der Waals surface area contributed by atoms with Gasteiger partial charge in [0.2, 0.25) is 5.91 Å². The Labute approximate surface area is 123 Å². The predicted octanol–water partition coefficient (Wildman–Crippen LogP) is 1.96. The standard InChI is InChI=1S/C14H21N3O2S/c1-8-7-11(10(3)20-8)9(2)15-14(19)16-12-5-6-17(4)13(12)18/h7,9,12H,5-6H2,1-4H3,(H2,15,16,19)/t9-,12-/m0/s1. The van der Waals surface area contributed by atoms with E-state index in [9.17, 15) is 9.59 Å². The van der Waals surface area contributed by atoms with Gasteiger partial charge in [-0.25, -0.2) is 4.79 Å². The molecule has 1 aromatic rings. The molecule has 1 saturated heterocycles. The summed E-state index contributed by atoms with van der Waals surface area (Å²) in [4.78, 5) is 27.8. The van der Waals surface area contributed by atoms with Crippen LogP contribution >= 0.6 is 11.3 Å². The molecule has 0 aromatic carbocycles. The first-order valence-electron chi connectivity index (χ1n) is 6.77. The van der Waals surface area contributed by atoms with Crippen LogP contribution in [-0.2, 0) is 4.79 Å². The number of carbonyl (C=O) groups excluding carboxylic acids is 2. The lowest BCUT2D eigenvalue weighted by Gasteiger charge is -2.17. The molecule has 3 amide bonds. The maximum absolute atomic E-state index is 12.0. The van der Waals surface area contributed by atoms with Crippen LogP contribution in [0.1, 0.15) is 34.7 Å². The minimum absolute atomic E-state index is 0.0182. The molecule has 6 heteroatoms. The molecule has 1 aromatic heterocycles. The van der Waals surface area contributed by atoms with E-state index < -0.39 is 6.04 Å². The summed E-state index contributed by atoms with van der Waals surface area (Å²) in [6.07, 6.45) is 0.674. The molecule has 0 aliphatic carbocycles. The molecule has 0 radical (unpaired) electrons. The van der Waals surface area contributed by atoms with Crippen LogP contribution in [0.15, 0.2) is 6.07 Å². The molecular formula is C14H21N3O2S. The summed E-state index contributed by atoms with van der Waals surface area (Å²) < 4.78 is 0. The topological polar surface area (TPSA) is 61.4 Å². The summed E-state index contributed by atoms with van der Waals surface area (Å²) in [5.74, 6) is -0.0182. The zero-order valence-corrected chi connectivity index (χ0v) is 13.1. The van der Waals surface area contributed by atoms with Gasteiger partial charge in [-0.15, -0.1) is 11.3 Å². The van der Waals surface area contributed by atoms with E-state index in [1.165, 1.54) is 9.75 Å². The fraction of sp³-hybridized carbons (Fsp3) is 0.571. The third-order valence-electron chi connectivity index (χ3n) is 3.63. The number of nitrogens with zero attached hydrogens (tertiary/aromatic N) is 1. The van der Waals surface area contributed by atoms with Crippen LogP contribution in [0.3, 0.4) is 0 Å². The number of amides is 3. The molecule has 110 valence electrons. The maximum Gasteiger partial charge on any atom is 0.315 e. The Morgan fingerprint density at radius 1 is 1.50 bits per heavy atom. The van der Waals surface area contributed by atoms with Gasteiger partial charge in [0.05, 0.1) is 6.04 Å². The highest BCUT2D eigenvalue weighted by atomic mass is 32.1. The molecule has 5 nitrogen and oxygen atoms in total. The first kappa shape index (κ1) is 14.8.